The van der Waals surface area contributed by atoms with Crippen LogP contribution in [0.15, 0.2) is 24.4 Å². The second-order valence-corrected chi connectivity index (χ2v) is 2.28. The molecular weight excluding hydrogens is 142 g/mol. The lowest BCUT2D eigenvalue weighted by molar-refractivity contribution is -0.137. The molecule has 1 aliphatic heterocycles. The van der Waals surface area contributed by atoms with Gasteiger partial charge in [-0.2, -0.15) is 0 Å². The van der Waals surface area contributed by atoms with Gasteiger partial charge in [0.1, 0.15) is 0 Å². The van der Waals surface area contributed by atoms with Gasteiger partial charge in [0.15, 0.2) is 0 Å². The molecule has 1 heterocycles. The van der Waals surface area contributed by atoms with Gasteiger partial charge in [0.05, 0.1) is 6.04 Å². The minimum Gasteiger partial charge on any atom is -0.481 e. The Kier molecular flexibility index (Phi) is 2.72. The molecule has 0 saturated carbocycles. The van der Waals surface area contributed by atoms with Crippen LogP contribution in [0.4, 0.5) is 0 Å². The fourth-order valence-electron chi connectivity index (χ4n) is 0.828. The zero-order valence-corrected chi connectivity index (χ0v) is 6.08. The summed E-state index contributed by atoms with van der Waals surface area (Å²) in [6.45, 7) is 0. The van der Waals surface area contributed by atoms with Crippen LogP contribution in [0.1, 0.15) is 12.8 Å². The molecule has 1 aliphatic rings. The topological polar surface area (TPSA) is 49.3 Å². The molecule has 3 heteroatoms. The molecule has 1 rings (SSSR count). The average Bonchev–Trinajstić information content (AvgIpc) is 2.03. The smallest absolute Gasteiger partial charge is 0.303 e. The highest BCUT2D eigenvalue weighted by Crippen LogP contribution is 2.09. The van der Waals surface area contributed by atoms with Gasteiger partial charge in [0, 0.05) is 6.42 Å². The standard InChI is InChI=1S/C8H10NO2/c10-8(11)5-4-7-3-1-2-6-9-7/h1-3,6,9H,4-5H2,(H,10,11). The van der Waals surface area contributed by atoms with Crippen molar-refractivity contribution in [2.45, 2.75) is 12.8 Å². The van der Waals surface area contributed by atoms with Crippen molar-refractivity contribution in [3.8, 4) is 0 Å². The highest BCUT2D eigenvalue weighted by atomic mass is 16.4. The third kappa shape index (κ3) is 2.89. The van der Waals surface area contributed by atoms with Gasteiger partial charge in [-0.25, -0.2) is 0 Å². The van der Waals surface area contributed by atoms with Gasteiger partial charge in [-0.15, -0.1) is 0 Å². The van der Waals surface area contributed by atoms with Crippen molar-refractivity contribution in [2.75, 3.05) is 0 Å². The van der Waals surface area contributed by atoms with Crippen LogP contribution in [0.3, 0.4) is 0 Å². The van der Waals surface area contributed by atoms with Gasteiger partial charge in [0.2, 0.25) is 0 Å². The van der Waals surface area contributed by atoms with Crippen molar-refractivity contribution in [1.82, 2.24) is 5.32 Å². The number of carboxylic acid groups (broad SMARTS) is 1. The summed E-state index contributed by atoms with van der Waals surface area (Å²) in [4.78, 5) is 10.2. The van der Waals surface area contributed by atoms with Crippen LogP contribution in [-0.2, 0) is 4.79 Å². The number of aliphatic carboxylic acids is 1. The van der Waals surface area contributed by atoms with Gasteiger partial charge in [0.25, 0.3) is 0 Å². The lowest BCUT2D eigenvalue weighted by Crippen LogP contribution is -2.15. The molecule has 0 aromatic rings. The third-order valence-electron chi connectivity index (χ3n) is 1.38. The zero-order chi connectivity index (χ0) is 8.10. The molecule has 0 saturated heterocycles. The van der Waals surface area contributed by atoms with E-state index in [2.05, 4.69) is 5.32 Å². The summed E-state index contributed by atoms with van der Waals surface area (Å²) in [5, 5.41) is 11.3. The Bertz CT molecular complexity index is 196. The van der Waals surface area contributed by atoms with Crippen molar-refractivity contribution in [1.29, 1.82) is 0 Å². The number of hydrogen-bond acceptors (Lipinski definition) is 2. The van der Waals surface area contributed by atoms with Gasteiger partial charge >= 0.3 is 5.97 Å². The molecule has 0 bridgehead atoms. The van der Waals surface area contributed by atoms with Gasteiger partial charge in [-0.05, 0) is 18.7 Å². The maximum atomic E-state index is 10.2. The molecule has 0 atom stereocenters. The van der Waals surface area contributed by atoms with Crippen LogP contribution < -0.4 is 5.32 Å². The van der Waals surface area contributed by atoms with E-state index in [0.29, 0.717) is 6.42 Å². The van der Waals surface area contributed by atoms with Crippen molar-refractivity contribution < 1.29 is 9.90 Å². The lowest BCUT2D eigenvalue weighted by Gasteiger charge is -2.12. The van der Waals surface area contributed by atoms with Gasteiger partial charge < -0.3 is 10.4 Å². The molecule has 11 heavy (non-hydrogen) atoms. The van der Waals surface area contributed by atoms with Crippen molar-refractivity contribution >= 4 is 5.97 Å². The summed E-state index contributed by atoms with van der Waals surface area (Å²) >= 11 is 0. The molecule has 0 aliphatic carbocycles. The van der Waals surface area contributed by atoms with E-state index < -0.39 is 5.97 Å². The Morgan fingerprint density at radius 1 is 1.55 bits per heavy atom. The summed E-state index contributed by atoms with van der Waals surface area (Å²) in [7, 11) is 0. The lowest BCUT2D eigenvalue weighted by atomic mass is 10.1. The summed E-state index contributed by atoms with van der Waals surface area (Å²) in [5.41, 5.74) is 0. The molecule has 3 nitrogen and oxygen atoms in total. The molecule has 0 unspecified atom stereocenters. The maximum Gasteiger partial charge on any atom is 0.303 e. The number of hydrogen-bond donors (Lipinski definition) is 2. The Labute approximate surface area is 65.4 Å². The Balaban J connectivity index is 2.22. The first kappa shape index (κ1) is 7.85. The molecule has 0 amide bonds. The number of carbonyl (C=O) groups is 1. The van der Waals surface area contributed by atoms with E-state index in [-0.39, 0.29) is 6.42 Å². The van der Waals surface area contributed by atoms with Crippen molar-refractivity contribution in [2.24, 2.45) is 0 Å². The Morgan fingerprint density at radius 3 is 2.91 bits per heavy atom. The number of nitrogens with one attached hydrogen (secondary N) is 1. The third-order valence-corrected chi connectivity index (χ3v) is 1.38. The summed E-state index contributed by atoms with van der Waals surface area (Å²) in [6.07, 6.45) is 8.16. The first-order chi connectivity index (χ1) is 5.29. The Morgan fingerprint density at radius 2 is 2.36 bits per heavy atom. The highest BCUT2D eigenvalue weighted by molar-refractivity contribution is 5.67. The number of dihydropyridines is 1. The minimum atomic E-state index is -0.762. The monoisotopic (exact) mass is 152 g/mol. The van der Waals surface area contributed by atoms with Crippen molar-refractivity contribution in [3.63, 3.8) is 0 Å². The van der Waals surface area contributed by atoms with E-state index in [4.69, 9.17) is 5.11 Å². The van der Waals surface area contributed by atoms with E-state index >= 15 is 0 Å². The van der Waals surface area contributed by atoms with Gasteiger partial charge in [-0.1, -0.05) is 12.2 Å². The van der Waals surface area contributed by atoms with Crippen LogP contribution in [0.2, 0.25) is 0 Å². The van der Waals surface area contributed by atoms with Gasteiger partial charge in [-0.3, -0.25) is 4.79 Å². The first-order valence-electron chi connectivity index (χ1n) is 3.46. The van der Waals surface area contributed by atoms with Crippen LogP contribution in [0, 0.1) is 6.04 Å². The van der Waals surface area contributed by atoms with Crippen LogP contribution in [-0.4, -0.2) is 11.1 Å². The molecule has 59 valence electrons. The summed E-state index contributed by atoms with van der Waals surface area (Å²) in [6, 6.07) is 0.954. The molecule has 1 radical (unpaired) electrons. The summed E-state index contributed by atoms with van der Waals surface area (Å²) in [5.74, 6) is -0.762. The molecule has 0 aromatic heterocycles. The number of rotatable bonds is 3. The second-order valence-electron chi connectivity index (χ2n) is 2.28. The Hall–Kier alpha value is -1.25. The fourth-order valence-corrected chi connectivity index (χ4v) is 0.828. The largest absolute Gasteiger partial charge is 0.481 e. The molecular formula is C8H10NO2. The molecule has 0 spiro atoms. The quantitative estimate of drug-likeness (QED) is 0.635. The summed E-state index contributed by atoms with van der Waals surface area (Å²) < 4.78 is 0. The predicted molar refractivity (Wildman–Crippen MR) is 41.5 cm³/mol. The van der Waals surface area contributed by atoms with E-state index in [1.807, 2.05) is 18.2 Å². The number of carboxylic acids is 1. The zero-order valence-electron chi connectivity index (χ0n) is 6.08. The van der Waals surface area contributed by atoms with Crippen LogP contribution >= 0.6 is 0 Å². The van der Waals surface area contributed by atoms with Crippen LogP contribution in [0.5, 0.6) is 0 Å². The maximum absolute atomic E-state index is 10.2. The second kappa shape index (κ2) is 3.81. The highest BCUT2D eigenvalue weighted by Gasteiger charge is 2.07. The first-order valence-corrected chi connectivity index (χ1v) is 3.46. The normalized spacial score (nSPS) is 16.4. The van der Waals surface area contributed by atoms with E-state index in [9.17, 15) is 4.79 Å². The fraction of sp³-hybridized carbons (Fsp3) is 0.250. The van der Waals surface area contributed by atoms with E-state index in [0.717, 1.165) is 6.04 Å². The van der Waals surface area contributed by atoms with E-state index in [1.165, 1.54) is 0 Å². The predicted octanol–water partition coefficient (Wildman–Crippen LogP) is 1.06. The van der Waals surface area contributed by atoms with Crippen LogP contribution in [0.25, 0.3) is 0 Å². The van der Waals surface area contributed by atoms with Crippen molar-refractivity contribution in [3.05, 3.63) is 30.5 Å². The minimum absolute atomic E-state index is 0.181. The molecule has 0 fully saturated rings. The molecule has 0 aromatic carbocycles. The van der Waals surface area contributed by atoms with E-state index in [1.54, 1.807) is 6.20 Å². The number of allylic oxidation sites excluding steroid dienone is 2. The average molecular weight is 152 g/mol. The SMILES string of the molecule is O=C(O)CC[C]1C=CC=CN1. The molecule has 2 N–H and O–H groups in total.